The maximum Gasteiger partial charge on any atom is 0.0947 e. The fraction of sp³-hybridized carbons (Fsp3) is 0.190. The third-order valence-electron chi connectivity index (χ3n) is 3.89. The van der Waals surface area contributed by atoms with Crippen molar-refractivity contribution >= 4 is 11.1 Å². The number of hydrogen-bond acceptors (Lipinski definition) is 1. The van der Waals surface area contributed by atoms with E-state index < -0.39 is 0 Å². The van der Waals surface area contributed by atoms with E-state index in [1.807, 2.05) is 43.3 Å². The number of nitrogens with zero attached hydrogens (tertiary/aromatic N) is 1. The summed E-state index contributed by atoms with van der Waals surface area (Å²) in [6, 6.07) is 21.0. The van der Waals surface area contributed by atoms with E-state index in [1.165, 1.54) is 22.3 Å². The van der Waals surface area contributed by atoms with Crippen LogP contribution in [0.25, 0.3) is 11.1 Å². The Balaban J connectivity index is 2.69. The Morgan fingerprint density at radius 3 is 2.27 bits per heavy atom. The van der Waals surface area contributed by atoms with E-state index in [2.05, 4.69) is 44.2 Å². The van der Waals surface area contributed by atoms with E-state index in [-0.39, 0.29) is 0 Å². The standard InChI is InChI=1S/C21H21N/c1-4-18(15-22)14-21(20-13-9-8-10-16(20)2)17(3)19-11-6-5-7-12-19/h5-14H,4H2,1-3H3/b18-14-,21-17+. The van der Waals surface area contributed by atoms with Crippen LogP contribution >= 0.6 is 0 Å². The molecule has 0 aliphatic rings. The largest absolute Gasteiger partial charge is 0.193 e. The van der Waals surface area contributed by atoms with Crippen molar-refractivity contribution in [2.45, 2.75) is 27.2 Å². The Labute approximate surface area is 133 Å². The van der Waals surface area contributed by atoms with Gasteiger partial charge in [0.25, 0.3) is 0 Å². The summed E-state index contributed by atoms with van der Waals surface area (Å²) in [6.45, 7) is 6.25. The number of rotatable bonds is 4. The summed E-state index contributed by atoms with van der Waals surface area (Å²) in [5.41, 5.74) is 6.71. The summed E-state index contributed by atoms with van der Waals surface area (Å²) in [5, 5.41) is 9.30. The third kappa shape index (κ3) is 3.54. The van der Waals surface area contributed by atoms with Gasteiger partial charge in [0, 0.05) is 5.57 Å². The van der Waals surface area contributed by atoms with Crippen molar-refractivity contribution < 1.29 is 0 Å². The number of hydrogen-bond donors (Lipinski definition) is 0. The van der Waals surface area contributed by atoms with E-state index in [1.54, 1.807) is 0 Å². The molecular formula is C21H21N. The van der Waals surface area contributed by atoms with Crippen LogP contribution < -0.4 is 0 Å². The Bertz CT molecular complexity index is 743. The lowest BCUT2D eigenvalue weighted by molar-refractivity contribution is 1.15. The van der Waals surface area contributed by atoms with Gasteiger partial charge in [-0.2, -0.15) is 5.26 Å². The first-order chi connectivity index (χ1) is 10.7. The SMILES string of the molecule is CC/C(C#N)=C/C(=C(/C)c1ccccc1)c1ccccc1C. The van der Waals surface area contributed by atoms with Crippen molar-refractivity contribution in [3.8, 4) is 6.07 Å². The van der Waals surface area contributed by atoms with Crippen LogP contribution in [0.5, 0.6) is 0 Å². The van der Waals surface area contributed by atoms with Crippen molar-refractivity contribution in [2.24, 2.45) is 0 Å². The normalized spacial score (nSPS) is 12.5. The average Bonchev–Trinajstić information content (AvgIpc) is 2.57. The molecule has 0 saturated heterocycles. The van der Waals surface area contributed by atoms with E-state index >= 15 is 0 Å². The lowest BCUT2D eigenvalue weighted by Gasteiger charge is -2.13. The van der Waals surface area contributed by atoms with Gasteiger partial charge in [0.05, 0.1) is 6.07 Å². The van der Waals surface area contributed by atoms with Crippen molar-refractivity contribution in [3.05, 3.63) is 82.9 Å². The van der Waals surface area contributed by atoms with Crippen LogP contribution in [0.15, 0.2) is 66.2 Å². The molecule has 0 heterocycles. The highest BCUT2D eigenvalue weighted by Gasteiger charge is 2.09. The van der Waals surface area contributed by atoms with Crippen LogP contribution in [0.1, 0.15) is 37.0 Å². The Morgan fingerprint density at radius 1 is 1.05 bits per heavy atom. The molecule has 0 atom stereocenters. The van der Waals surface area contributed by atoms with Crippen LogP contribution in [0, 0.1) is 18.3 Å². The van der Waals surface area contributed by atoms with Gasteiger partial charge in [0.1, 0.15) is 0 Å². The van der Waals surface area contributed by atoms with Crippen molar-refractivity contribution in [2.75, 3.05) is 0 Å². The van der Waals surface area contributed by atoms with E-state index in [4.69, 9.17) is 0 Å². The van der Waals surface area contributed by atoms with Crippen LogP contribution in [-0.4, -0.2) is 0 Å². The Hall–Kier alpha value is -2.59. The summed E-state index contributed by atoms with van der Waals surface area (Å²) in [7, 11) is 0. The van der Waals surface area contributed by atoms with Gasteiger partial charge in [-0.3, -0.25) is 0 Å². The molecule has 1 nitrogen and oxygen atoms in total. The zero-order chi connectivity index (χ0) is 15.9. The molecule has 2 aromatic carbocycles. The number of benzene rings is 2. The van der Waals surface area contributed by atoms with Gasteiger partial charge in [0.15, 0.2) is 0 Å². The van der Waals surface area contributed by atoms with Gasteiger partial charge in [-0.15, -0.1) is 0 Å². The topological polar surface area (TPSA) is 23.8 Å². The van der Waals surface area contributed by atoms with Gasteiger partial charge >= 0.3 is 0 Å². The molecule has 0 unspecified atom stereocenters. The second kappa shape index (κ2) is 7.43. The molecule has 1 heteroatoms. The molecule has 0 aromatic heterocycles. The summed E-state index contributed by atoms with van der Waals surface area (Å²) < 4.78 is 0. The Morgan fingerprint density at radius 2 is 1.68 bits per heavy atom. The smallest absolute Gasteiger partial charge is 0.0947 e. The molecule has 0 fully saturated rings. The number of allylic oxidation sites excluding steroid dienone is 4. The van der Waals surface area contributed by atoms with E-state index in [0.717, 1.165) is 17.6 Å². The highest BCUT2D eigenvalue weighted by Crippen LogP contribution is 2.30. The molecule has 22 heavy (non-hydrogen) atoms. The van der Waals surface area contributed by atoms with Crippen molar-refractivity contribution in [1.29, 1.82) is 5.26 Å². The predicted octanol–water partition coefficient (Wildman–Crippen LogP) is 5.79. The maximum absolute atomic E-state index is 9.30. The molecule has 110 valence electrons. The van der Waals surface area contributed by atoms with Crippen LogP contribution in [0.2, 0.25) is 0 Å². The summed E-state index contributed by atoms with van der Waals surface area (Å²) in [6.07, 6.45) is 2.78. The van der Waals surface area contributed by atoms with Crippen molar-refractivity contribution in [3.63, 3.8) is 0 Å². The first-order valence-electron chi connectivity index (χ1n) is 7.60. The van der Waals surface area contributed by atoms with Gasteiger partial charge < -0.3 is 0 Å². The molecule has 0 aliphatic carbocycles. The number of aryl methyl sites for hydroxylation is 1. The third-order valence-corrected chi connectivity index (χ3v) is 3.89. The van der Waals surface area contributed by atoms with Gasteiger partial charge in [-0.05, 0) is 54.2 Å². The molecule has 0 amide bonds. The average molecular weight is 287 g/mol. The molecule has 0 N–H and O–H groups in total. The molecule has 0 radical (unpaired) electrons. The summed E-state index contributed by atoms with van der Waals surface area (Å²) >= 11 is 0. The zero-order valence-corrected chi connectivity index (χ0v) is 13.4. The molecule has 0 bridgehead atoms. The maximum atomic E-state index is 9.30. The zero-order valence-electron chi connectivity index (χ0n) is 13.4. The molecular weight excluding hydrogens is 266 g/mol. The molecule has 0 spiro atoms. The highest BCUT2D eigenvalue weighted by molar-refractivity contribution is 5.96. The van der Waals surface area contributed by atoms with Crippen LogP contribution in [-0.2, 0) is 0 Å². The lowest BCUT2D eigenvalue weighted by atomic mass is 9.91. The van der Waals surface area contributed by atoms with E-state index in [0.29, 0.717) is 0 Å². The molecule has 2 aromatic rings. The second-order valence-corrected chi connectivity index (χ2v) is 5.35. The monoisotopic (exact) mass is 287 g/mol. The summed E-state index contributed by atoms with van der Waals surface area (Å²) in [4.78, 5) is 0. The fourth-order valence-corrected chi connectivity index (χ4v) is 2.49. The predicted molar refractivity (Wildman–Crippen MR) is 94.1 cm³/mol. The lowest BCUT2D eigenvalue weighted by Crippen LogP contribution is -1.92. The first kappa shape index (κ1) is 15.8. The minimum atomic E-state index is 0.744. The Kier molecular flexibility index (Phi) is 5.33. The fourth-order valence-electron chi connectivity index (χ4n) is 2.49. The molecule has 0 saturated carbocycles. The number of nitriles is 1. The van der Waals surface area contributed by atoms with Gasteiger partial charge in [-0.1, -0.05) is 61.5 Å². The molecule has 2 rings (SSSR count). The van der Waals surface area contributed by atoms with Crippen molar-refractivity contribution in [1.82, 2.24) is 0 Å². The summed E-state index contributed by atoms with van der Waals surface area (Å²) in [5.74, 6) is 0. The van der Waals surface area contributed by atoms with Crippen LogP contribution in [0.3, 0.4) is 0 Å². The van der Waals surface area contributed by atoms with Gasteiger partial charge in [0.2, 0.25) is 0 Å². The van der Waals surface area contributed by atoms with E-state index in [9.17, 15) is 5.26 Å². The van der Waals surface area contributed by atoms with Crippen LogP contribution in [0.4, 0.5) is 0 Å². The minimum absolute atomic E-state index is 0.744. The van der Waals surface area contributed by atoms with Gasteiger partial charge in [-0.25, -0.2) is 0 Å². The minimum Gasteiger partial charge on any atom is -0.193 e. The highest BCUT2D eigenvalue weighted by atomic mass is 14.2. The molecule has 0 aliphatic heterocycles. The first-order valence-corrected chi connectivity index (χ1v) is 7.60. The second-order valence-electron chi connectivity index (χ2n) is 5.35. The quantitative estimate of drug-likeness (QED) is 0.397.